The zero-order valence-electron chi connectivity index (χ0n) is 12.3. The maximum Gasteiger partial charge on any atom is 0.128 e. The van der Waals surface area contributed by atoms with Crippen molar-refractivity contribution in [1.82, 2.24) is 5.32 Å². The second kappa shape index (κ2) is 7.16. The van der Waals surface area contributed by atoms with Gasteiger partial charge in [0.05, 0.1) is 11.6 Å². The molecule has 0 aromatic heterocycles. The van der Waals surface area contributed by atoms with Crippen molar-refractivity contribution in [2.45, 2.75) is 38.3 Å². The molecule has 20 heavy (non-hydrogen) atoms. The van der Waals surface area contributed by atoms with Gasteiger partial charge < -0.3 is 14.8 Å². The highest BCUT2D eigenvalue weighted by Crippen LogP contribution is 2.38. The highest BCUT2D eigenvalue weighted by atomic mass is 19.1. The van der Waals surface area contributed by atoms with Crippen molar-refractivity contribution in [3.05, 3.63) is 35.6 Å². The zero-order chi connectivity index (χ0) is 14.4. The minimum atomic E-state index is -0.384. The molecular weight excluding hydrogens is 257 g/mol. The Hall–Kier alpha value is -0.970. The molecular formula is C16H24FNO2. The van der Waals surface area contributed by atoms with Crippen LogP contribution in [0.1, 0.15) is 38.3 Å². The first-order valence-electron chi connectivity index (χ1n) is 7.43. The molecule has 1 N–H and O–H groups in total. The van der Waals surface area contributed by atoms with E-state index in [1.807, 2.05) is 26.0 Å². The van der Waals surface area contributed by atoms with E-state index in [4.69, 9.17) is 9.47 Å². The molecule has 112 valence electrons. The maximum atomic E-state index is 14.2. The van der Waals surface area contributed by atoms with E-state index in [0.717, 1.165) is 19.4 Å². The van der Waals surface area contributed by atoms with Crippen LogP contribution in [0.3, 0.4) is 0 Å². The minimum Gasteiger partial charge on any atom is -0.381 e. The Morgan fingerprint density at radius 1 is 1.30 bits per heavy atom. The van der Waals surface area contributed by atoms with Gasteiger partial charge in [0, 0.05) is 38.2 Å². The van der Waals surface area contributed by atoms with E-state index in [-0.39, 0.29) is 17.5 Å². The molecule has 1 aliphatic rings. The molecule has 1 fully saturated rings. The summed E-state index contributed by atoms with van der Waals surface area (Å²) in [7, 11) is 0. The lowest BCUT2D eigenvalue weighted by atomic mass is 9.81. The quantitative estimate of drug-likeness (QED) is 0.869. The van der Waals surface area contributed by atoms with Crippen molar-refractivity contribution in [2.75, 3.05) is 26.4 Å². The van der Waals surface area contributed by atoms with Crippen molar-refractivity contribution in [3.63, 3.8) is 0 Å². The van der Waals surface area contributed by atoms with E-state index < -0.39 is 0 Å². The second-order valence-electron chi connectivity index (χ2n) is 5.12. The molecule has 4 heteroatoms. The van der Waals surface area contributed by atoms with Crippen molar-refractivity contribution in [3.8, 4) is 0 Å². The van der Waals surface area contributed by atoms with Crippen molar-refractivity contribution in [2.24, 2.45) is 0 Å². The fourth-order valence-corrected chi connectivity index (χ4v) is 3.01. The van der Waals surface area contributed by atoms with E-state index in [9.17, 15) is 4.39 Å². The van der Waals surface area contributed by atoms with E-state index in [1.165, 1.54) is 6.07 Å². The lowest BCUT2D eigenvalue weighted by Gasteiger charge is -2.43. The first kappa shape index (κ1) is 15.4. The van der Waals surface area contributed by atoms with Crippen molar-refractivity contribution < 1.29 is 13.9 Å². The Balaban J connectivity index is 2.36. The summed E-state index contributed by atoms with van der Waals surface area (Å²) in [6, 6.07) is 6.82. The summed E-state index contributed by atoms with van der Waals surface area (Å²) in [4.78, 5) is 0. The van der Waals surface area contributed by atoms with Crippen LogP contribution in [0.2, 0.25) is 0 Å². The molecule has 1 atom stereocenters. The molecule has 1 saturated heterocycles. The molecule has 0 amide bonds. The minimum absolute atomic E-state index is 0.141. The fraction of sp³-hybridized carbons (Fsp3) is 0.625. The van der Waals surface area contributed by atoms with Crippen LogP contribution >= 0.6 is 0 Å². The predicted molar refractivity (Wildman–Crippen MR) is 77.2 cm³/mol. The largest absolute Gasteiger partial charge is 0.381 e. The van der Waals surface area contributed by atoms with Crippen LogP contribution in [0.25, 0.3) is 0 Å². The Bertz CT molecular complexity index is 413. The third kappa shape index (κ3) is 3.19. The summed E-state index contributed by atoms with van der Waals surface area (Å²) in [5.41, 5.74) is 0.301. The number of rotatable bonds is 6. The van der Waals surface area contributed by atoms with Gasteiger partial charge in [-0.1, -0.05) is 25.1 Å². The standard InChI is InChI=1S/C16H24FNO2/c1-3-18-15(13-7-5-6-8-14(13)17)16(20-4-2)9-11-19-12-10-16/h5-8,15,18H,3-4,9-12H2,1-2H3. The van der Waals surface area contributed by atoms with Gasteiger partial charge in [0.25, 0.3) is 0 Å². The number of ether oxygens (including phenoxy) is 2. The second-order valence-corrected chi connectivity index (χ2v) is 5.12. The fourth-order valence-electron chi connectivity index (χ4n) is 3.01. The molecule has 1 aromatic rings. The lowest BCUT2D eigenvalue weighted by Crippen LogP contribution is -2.50. The third-order valence-electron chi connectivity index (χ3n) is 3.92. The zero-order valence-corrected chi connectivity index (χ0v) is 12.3. The van der Waals surface area contributed by atoms with Crippen LogP contribution in [0.15, 0.2) is 24.3 Å². The predicted octanol–water partition coefficient (Wildman–Crippen LogP) is 3.06. The smallest absolute Gasteiger partial charge is 0.128 e. The molecule has 1 aliphatic heterocycles. The first-order chi connectivity index (χ1) is 9.73. The van der Waals surface area contributed by atoms with Crippen LogP contribution in [0.5, 0.6) is 0 Å². The maximum absolute atomic E-state index is 14.2. The number of halogens is 1. The van der Waals surface area contributed by atoms with Crippen molar-refractivity contribution in [1.29, 1.82) is 0 Å². The molecule has 3 nitrogen and oxygen atoms in total. The van der Waals surface area contributed by atoms with Gasteiger partial charge in [-0.15, -0.1) is 0 Å². The van der Waals surface area contributed by atoms with E-state index >= 15 is 0 Å². The average Bonchev–Trinajstić information content (AvgIpc) is 2.47. The molecule has 0 radical (unpaired) electrons. The van der Waals surface area contributed by atoms with E-state index in [0.29, 0.717) is 25.4 Å². The average molecular weight is 281 g/mol. The van der Waals surface area contributed by atoms with Gasteiger partial charge in [-0.2, -0.15) is 0 Å². The highest BCUT2D eigenvalue weighted by Gasteiger charge is 2.42. The van der Waals surface area contributed by atoms with E-state index in [1.54, 1.807) is 6.07 Å². The molecule has 0 bridgehead atoms. The molecule has 0 aliphatic carbocycles. The third-order valence-corrected chi connectivity index (χ3v) is 3.92. The number of benzene rings is 1. The summed E-state index contributed by atoms with van der Waals surface area (Å²) in [6.45, 7) is 6.74. The van der Waals surface area contributed by atoms with Gasteiger partial charge in [-0.05, 0) is 19.5 Å². The summed E-state index contributed by atoms with van der Waals surface area (Å²) >= 11 is 0. The SMILES string of the molecule is CCNC(c1ccccc1F)C1(OCC)CCOCC1. The Morgan fingerprint density at radius 2 is 2.00 bits per heavy atom. The molecule has 0 saturated carbocycles. The topological polar surface area (TPSA) is 30.5 Å². The van der Waals surface area contributed by atoms with Gasteiger partial charge in [0.15, 0.2) is 0 Å². The molecule has 1 unspecified atom stereocenters. The number of hydrogen-bond donors (Lipinski definition) is 1. The summed E-state index contributed by atoms with van der Waals surface area (Å²) < 4.78 is 25.8. The van der Waals surface area contributed by atoms with Crippen LogP contribution in [-0.2, 0) is 9.47 Å². The van der Waals surface area contributed by atoms with Gasteiger partial charge >= 0.3 is 0 Å². The van der Waals surface area contributed by atoms with Crippen LogP contribution in [-0.4, -0.2) is 32.0 Å². The molecule has 0 spiro atoms. The first-order valence-corrected chi connectivity index (χ1v) is 7.43. The number of nitrogens with one attached hydrogen (secondary N) is 1. The lowest BCUT2D eigenvalue weighted by molar-refractivity contribution is -0.128. The summed E-state index contributed by atoms with van der Waals surface area (Å²) in [5, 5.41) is 3.41. The van der Waals surface area contributed by atoms with Crippen LogP contribution in [0, 0.1) is 5.82 Å². The monoisotopic (exact) mass is 281 g/mol. The Morgan fingerprint density at radius 3 is 2.60 bits per heavy atom. The van der Waals surface area contributed by atoms with Gasteiger partial charge in [-0.25, -0.2) is 4.39 Å². The molecule has 1 aromatic carbocycles. The summed E-state index contributed by atoms with van der Waals surface area (Å²) in [5.74, 6) is -0.177. The molecule has 1 heterocycles. The highest BCUT2D eigenvalue weighted by molar-refractivity contribution is 5.25. The number of hydrogen-bond acceptors (Lipinski definition) is 3. The normalized spacial score (nSPS) is 19.8. The van der Waals surface area contributed by atoms with Crippen LogP contribution < -0.4 is 5.32 Å². The Kier molecular flexibility index (Phi) is 5.52. The van der Waals surface area contributed by atoms with Gasteiger partial charge in [0.1, 0.15) is 5.82 Å². The molecule has 2 rings (SSSR count). The summed E-state index contributed by atoms with van der Waals surface area (Å²) in [6.07, 6.45) is 1.57. The van der Waals surface area contributed by atoms with Gasteiger partial charge in [-0.3, -0.25) is 0 Å². The van der Waals surface area contributed by atoms with Crippen LogP contribution in [0.4, 0.5) is 4.39 Å². The number of likely N-dealkylation sites (N-methyl/N-ethyl adjacent to an activating group) is 1. The van der Waals surface area contributed by atoms with E-state index in [2.05, 4.69) is 5.32 Å². The Labute approximate surface area is 120 Å². The van der Waals surface area contributed by atoms with Crippen molar-refractivity contribution >= 4 is 0 Å². The van der Waals surface area contributed by atoms with Gasteiger partial charge in [0.2, 0.25) is 0 Å².